The number of hydrogen-bond acceptors (Lipinski definition) is 3. The average molecular weight is 285 g/mol. The molecule has 0 saturated carbocycles. The predicted molar refractivity (Wildman–Crippen MR) is 64.2 cm³/mol. The second-order valence-corrected chi connectivity index (χ2v) is 4.91. The van der Waals surface area contributed by atoms with Gasteiger partial charge in [-0.15, -0.1) is 0 Å². The lowest BCUT2D eigenvalue weighted by Gasteiger charge is -2.21. The summed E-state index contributed by atoms with van der Waals surface area (Å²) >= 11 is 3.29. The highest BCUT2D eigenvalue weighted by molar-refractivity contribution is 9.10. The highest BCUT2D eigenvalue weighted by Crippen LogP contribution is 2.26. The van der Waals surface area contributed by atoms with E-state index >= 15 is 0 Å². The van der Waals surface area contributed by atoms with Crippen molar-refractivity contribution in [2.45, 2.75) is 25.4 Å². The number of pyridine rings is 1. The molecule has 2 rings (SSSR count). The minimum Gasteiger partial charge on any atom is -0.365 e. The van der Waals surface area contributed by atoms with Crippen LogP contribution in [-0.4, -0.2) is 23.1 Å². The van der Waals surface area contributed by atoms with Gasteiger partial charge in [-0.25, -0.2) is 4.98 Å². The number of rotatable bonds is 2. The molecule has 2 heterocycles. The van der Waals surface area contributed by atoms with E-state index in [0.29, 0.717) is 12.4 Å². The Morgan fingerprint density at radius 2 is 2.44 bits per heavy atom. The molecule has 1 fully saturated rings. The van der Waals surface area contributed by atoms with Gasteiger partial charge in [0.15, 0.2) is 0 Å². The van der Waals surface area contributed by atoms with Crippen LogP contribution in [0, 0.1) is 0 Å². The second kappa shape index (κ2) is 4.51. The molecule has 0 spiro atoms. The number of carbonyl (C=O) groups excluding carboxylic acids is 1. The van der Waals surface area contributed by atoms with Gasteiger partial charge in [0.05, 0.1) is 0 Å². The molecule has 1 aromatic rings. The third-order valence-corrected chi connectivity index (χ3v) is 3.14. The minimum absolute atomic E-state index is 0.125. The molecule has 0 bridgehead atoms. The summed E-state index contributed by atoms with van der Waals surface area (Å²) in [6, 6.07) is 3.58. The van der Waals surface area contributed by atoms with E-state index in [1.54, 1.807) is 12.3 Å². The summed E-state index contributed by atoms with van der Waals surface area (Å²) in [5.41, 5.74) is -0.700. The van der Waals surface area contributed by atoms with Gasteiger partial charge in [0.2, 0.25) is 0 Å². The molecule has 1 unspecified atom stereocenters. The normalized spacial score (nSPS) is 24.4. The largest absolute Gasteiger partial charge is 0.365 e. The number of aromatic nitrogens is 1. The van der Waals surface area contributed by atoms with E-state index in [1.165, 1.54) is 0 Å². The summed E-state index contributed by atoms with van der Waals surface area (Å²) in [5, 5.41) is 2.76. The zero-order valence-corrected chi connectivity index (χ0v) is 10.6. The van der Waals surface area contributed by atoms with Crippen molar-refractivity contribution < 1.29 is 9.53 Å². The van der Waals surface area contributed by atoms with Crippen LogP contribution in [0.2, 0.25) is 0 Å². The van der Waals surface area contributed by atoms with Gasteiger partial charge in [0.1, 0.15) is 11.4 Å². The molecule has 4 nitrogen and oxygen atoms in total. The van der Waals surface area contributed by atoms with Crippen molar-refractivity contribution in [1.82, 2.24) is 4.98 Å². The third kappa shape index (κ3) is 2.41. The lowest BCUT2D eigenvalue weighted by atomic mass is 10.0. The van der Waals surface area contributed by atoms with Gasteiger partial charge in [-0.05, 0) is 47.8 Å². The minimum atomic E-state index is -0.700. The molecule has 1 N–H and O–H groups in total. The van der Waals surface area contributed by atoms with Crippen LogP contribution in [0.3, 0.4) is 0 Å². The number of nitrogens with zero attached hydrogens (tertiary/aromatic N) is 1. The van der Waals surface area contributed by atoms with Crippen LogP contribution in [0.5, 0.6) is 0 Å². The summed E-state index contributed by atoms with van der Waals surface area (Å²) in [7, 11) is 0. The van der Waals surface area contributed by atoms with Gasteiger partial charge in [-0.3, -0.25) is 4.79 Å². The maximum atomic E-state index is 11.9. The first-order chi connectivity index (χ1) is 7.60. The van der Waals surface area contributed by atoms with Crippen molar-refractivity contribution in [1.29, 1.82) is 0 Å². The standard InChI is InChI=1S/C11H13BrN2O2/c1-11(5-2-6-16-11)10(15)14-9-4-3-8(12)7-13-9/h3-4,7H,2,5-6H2,1H3,(H,13,14,15). The maximum Gasteiger partial charge on any atom is 0.257 e. The molecule has 0 radical (unpaired) electrons. The van der Waals surface area contributed by atoms with Gasteiger partial charge in [0, 0.05) is 17.3 Å². The van der Waals surface area contributed by atoms with Crippen LogP contribution >= 0.6 is 15.9 Å². The van der Waals surface area contributed by atoms with Gasteiger partial charge in [-0.1, -0.05) is 0 Å². The molecular weight excluding hydrogens is 272 g/mol. The topological polar surface area (TPSA) is 51.2 Å². The number of carbonyl (C=O) groups is 1. The summed E-state index contributed by atoms with van der Waals surface area (Å²) in [5.74, 6) is 0.421. The Morgan fingerprint density at radius 3 is 3.00 bits per heavy atom. The molecule has 1 aliphatic rings. The summed E-state index contributed by atoms with van der Waals surface area (Å²) in [6.07, 6.45) is 3.33. The number of anilines is 1. The van der Waals surface area contributed by atoms with Crippen molar-refractivity contribution in [2.75, 3.05) is 11.9 Å². The Kier molecular flexibility index (Phi) is 3.25. The quantitative estimate of drug-likeness (QED) is 0.907. The first-order valence-corrected chi connectivity index (χ1v) is 5.96. The van der Waals surface area contributed by atoms with Crippen LogP contribution in [0.4, 0.5) is 5.82 Å². The zero-order valence-electron chi connectivity index (χ0n) is 9.00. The van der Waals surface area contributed by atoms with E-state index < -0.39 is 5.60 Å². The SMILES string of the molecule is CC1(C(=O)Nc2ccc(Br)cn2)CCCO1. The Balaban J connectivity index is 2.04. The molecule has 1 aliphatic heterocycles. The Hall–Kier alpha value is -0.940. The molecule has 1 saturated heterocycles. The Bertz CT molecular complexity index is 385. The molecule has 86 valence electrons. The zero-order chi connectivity index (χ0) is 11.6. The van der Waals surface area contributed by atoms with Gasteiger partial charge in [0.25, 0.3) is 5.91 Å². The van der Waals surface area contributed by atoms with Gasteiger partial charge < -0.3 is 10.1 Å². The van der Waals surface area contributed by atoms with E-state index in [2.05, 4.69) is 26.2 Å². The molecule has 0 aliphatic carbocycles. The summed E-state index contributed by atoms with van der Waals surface area (Å²) < 4.78 is 6.33. The van der Waals surface area contributed by atoms with Crippen LogP contribution in [-0.2, 0) is 9.53 Å². The lowest BCUT2D eigenvalue weighted by Crippen LogP contribution is -2.39. The number of halogens is 1. The van der Waals surface area contributed by atoms with Crippen LogP contribution < -0.4 is 5.32 Å². The lowest BCUT2D eigenvalue weighted by molar-refractivity contribution is -0.133. The maximum absolute atomic E-state index is 11.9. The van der Waals surface area contributed by atoms with Crippen molar-refractivity contribution in [2.24, 2.45) is 0 Å². The fourth-order valence-corrected chi connectivity index (χ4v) is 1.89. The summed E-state index contributed by atoms with van der Waals surface area (Å²) in [6.45, 7) is 2.46. The van der Waals surface area contributed by atoms with Gasteiger partial charge in [-0.2, -0.15) is 0 Å². The van der Waals surface area contributed by atoms with E-state index in [-0.39, 0.29) is 5.91 Å². The fraction of sp³-hybridized carbons (Fsp3) is 0.455. The van der Waals surface area contributed by atoms with Crippen molar-refractivity contribution in [3.05, 3.63) is 22.8 Å². The Morgan fingerprint density at radius 1 is 1.62 bits per heavy atom. The predicted octanol–water partition coefficient (Wildman–Crippen LogP) is 2.35. The first-order valence-electron chi connectivity index (χ1n) is 5.17. The molecule has 16 heavy (non-hydrogen) atoms. The molecule has 1 aromatic heterocycles. The monoisotopic (exact) mass is 284 g/mol. The number of ether oxygens (including phenoxy) is 1. The van der Waals surface area contributed by atoms with Crippen molar-refractivity contribution in [3.63, 3.8) is 0 Å². The van der Waals surface area contributed by atoms with Crippen LogP contribution in [0.25, 0.3) is 0 Å². The van der Waals surface area contributed by atoms with Crippen LogP contribution in [0.15, 0.2) is 22.8 Å². The Labute approximate surface area is 103 Å². The van der Waals surface area contributed by atoms with Gasteiger partial charge >= 0.3 is 0 Å². The smallest absolute Gasteiger partial charge is 0.257 e. The molecular formula is C11H13BrN2O2. The number of hydrogen-bond donors (Lipinski definition) is 1. The first kappa shape index (κ1) is 11.5. The van der Waals surface area contributed by atoms with Crippen molar-refractivity contribution >= 4 is 27.7 Å². The summed E-state index contributed by atoms with van der Waals surface area (Å²) in [4.78, 5) is 16.0. The van der Waals surface area contributed by atoms with E-state index in [1.807, 2.05) is 13.0 Å². The molecule has 5 heteroatoms. The van der Waals surface area contributed by atoms with Crippen LogP contribution in [0.1, 0.15) is 19.8 Å². The highest BCUT2D eigenvalue weighted by Gasteiger charge is 2.37. The number of nitrogens with one attached hydrogen (secondary N) is 1. The highest BCUT2D eigenvalue weighted by atomic mass is 79.9. The fourth-order valence-electron chi connectivity index (χ4n) is 1.66. The molecule has 1 atom stereocenters. The average Bonchev–Trinajstić information content (AvgIpc) is 2.70. The molecule has 0 aromatic carbocycles. The third-order valence-electron chi connectivity index (χ3n) is 2.67. The number of amides is 1. The second-order valence-electron chi connectivity index (χ2n) is 4.00. The van der Waals surface area contributed by atoms with E-state index in [0.717, 1.165) is 17.3 Å². The van der Waals surface area contributed by atoms with E-state index in [4.69, 9.17) is 4.74 Å². The van der Waals surface area contributed by atoms with E-state index in [9.17, 15) is 4.79 Å². The molecule has 1 amide bonds. The van der Waals surface area contributed by atoms with Crippen molar-refractivity contribution in [3.8, 4) is 0 Å².